The first kappa shape index (κ1) is 12.9. The molecular weight excluding hydrogens is 296 g/mol. The van der Waals surface area contributed by atoms with E-state index >= 15 is 0 Å². The maximum atomic E-state index is 5.85. The van der Waals surface area contributed by atoms with Gasteiger partial charge in [-0.25, -0.2) is 9.97 Å². The molecule has 2 rings (SSSR count). The summed E-state index contributed by atoms with van der Waals surface area (Å²) in [6, 6.07) is 3.83. The fourth-order valence-corrected chi connectivity index (χ4v) is 1.81. The summed E-state index contributed by atoms with van der Waals surface area (Å²) in [5.41, 5.74) is 8.35. The van der Waals surface area contributed by atoms with Gasteiger partial charge in [0.15, 0.2) is 5.82 Å². The minimum absolute atomic E-state index is 0.367. The molecule has 94 valence electrons. The predicted molar refractivity (Wildman–Crippen MR) is 72.8 cm³/mol. The van der Waals surface area contributed by atoms with Crippen molar-refractivity contribution in [1.82, 2.24) is 15.0 Å². The SMILES string of the molecule is COCc1nc(-c2cc(C)ccn2)nc(N)c1Br. The van der Waals surface area contributed by atoms with Crippen molar-refractivity contribution < 1.29 is 4.74 Å². The lowest BCUT2D eigenvalue weighted by Crippen LogP contribution is -2.04. The smallest absolute Gasteiger partial charge is 0.180 e. The van der Waals surface area contributed by atoms with Gasteiger partial charge in [-0.3, -0.25) is 4.98 Å². The lowest BCUT2D eigenvalue weighted by atomic mass is 10.2. The van der Waals surface area contributed by atoms with Crippen LogP contribution in [-0.4, -0.2) is 22.1 Å². The highest BCUT2D eigenvalue weighted by Crippen LogP contribution is 2.25. The second-order valence-electron chi connectivity index (χ2n) is 3.84. The Kier molecular flexibility index (Phi) is 3.88. The standard InChI is InChI=1S/C12H13BrN4O/c1-7-3-4-15-8(5-7)12-16-9(6-18-2)10(13)11(14)17-12/h3-5H,6H2,1-2H3,(H2,14,16,17). The molecule has 0 spiro atoms. The average Bonchev–Trinajstić information content (AvgIpc) is 2.35. The summed E-state index contributed by atoms with van der Waals surface area (Å²) in [4.78, 5) is 12.9. The molecule has 2 aromatic heterocycles. The summed E-state index contributed by atoms with van der Waals surface area (Å²) in [7, 11) is 1.61. The monoisotopic (exact) mass is 308 g/mol. The molecule has 0 radical (unpaired) electrons. The Hall–Kier alpha value is -1.53. The molecule has 0 unspecified atom stereocenters. The van der Waals surface area contributed by atoms with Crippen molar-refractivity contribution in [1.29, 1.82) is 0 Å². The van der Waals surface area contributed by atoms with Gasteiger partial charge in [0.05, 0.1) is 16.8 Å². The van der Waals surface area contributed by atoms with Crippen LogP contribution in [0.5, 0.6) is 0 Å². The summed E-state index contributed by atoms with van der Waals surface area (Å²) in [5, 5.41) is 0. The van der Waals surface area contributed by atoms with Crippen molar-refractivity contribution in [3.8, 4) is 11.5 Å². The quantitative estimate of drug-likeness (QED) is 0.942. The van der Waals surface area contributed by atoms with Crippen molar-refractivity contribution in [2.45, 2.75) is 13.5 Å². The topological polar surface area (TPSA) is 73.9 Å². The Labute approximate surface area is 114 Å². The minimum Gasteiger partial charge on any atom is -0.383 e. The van der Waals surface area contributed by atoms with E-state index < -0.39 is 0 Å². The van der Waals surface area contributed by atoms with E-state index in [1.165, 1.54) is 0 Å². The van der Waals surface area contributed by atoms with Crippen molar-refractivity contribution in [3.05, 3.63) is 34.1 Å². The maximum Gasteiger partial charge on any atom is 0.180 e. The zero-order chi connectivity index (χ0) is 13.1. The molecule has 0 fully saturated rings. The molecule has 0 bridgehead atoms. The number of aryl methyl sites for hydroxylation is 1. The number of ether oxygens (including phenoxy) is 1. The fourth-order valence-electron chi connectivity index (χ4n) is 1.52. The highest BCUT2D eigenvalue weighted by Gasteiger charge is 2.12. The van der Waals surface area contributed by atoms with Crippen LogP contribution in [0.4, 0.5) is 5.82 Å². The van der Waals surface area contributed by atoms with E-state index in [1.807, 2.05) is 19.1 Å². The lowest BCUT2D eigenvalue weighted by Gasteiger charge is -2.08. The minimum atomic E-state index is 0.367. The third-order valence-corrected chi connectivity index (χ3v) is 3.23. The molecule has 0 aliphatic carbocycles. The van der Waals surface area contributed by atoms with Crippen LogP contribution < -0.4 is 5.73 Å². The van der Waals surface area contributed by atoms with Gasteiger partial charge in [-0.2, -0.15) is 0 Å². The van der Waals surface area contributed by atoms with Gasteiger partial charge >= 0.3 is 0 Å². The van der Waals surface area contributed by atoms with Crippen LogP contribution in [0.1, 0.15) is 11.3 Å². The Morgan fingerprint density at radius 2 is 2.17 bits per heavy atom. The van der Waals surface area contributed by atoms with Crippen LogP contribution >= 0.6 is 15.9 Å². The fraction of sp³-hybridized carbons (Fsp3) is 0.250. The van der Waals surface area contributed by atoms with Crippen LogP contribution in [0.25, 0.3) is 11.5 Å². The molecule has 18 heavy (non-hydrogen) atoms. The lowest BCUT2D eigenvalue weighted by molar-refractivity contribution is 0.181. The van der Waals surface area contributed by atoms with E-state index in [0.717, 1.165) is 5.56 Å². The van der Waals surface area contributed by atoms with Gasteiger partial charge in [0, 0.05) is 13.3 Å². The van der Waals surface area contributed by atoms with Crippen LogP contribution in [-0.2, 0) is 11.3 Å². The van der Waals surface area contributed by atoms with Crippen LogP contribution in [0.3, 0.4) is 0 Å². The number of nitrogen functional groups attached to an aromatic ring is 1. The first-order chi connectivity index (χ1) is 8.61. The van der Waals surface area contributed by atoms with Gasteiger partial charge in [-0.15, -0.1) is 0 Å². The Bertz CT molecular complexity index is 574. The predicted octanol–water partition coefficient (Wildman–Crippen LogP) is 2.34. The van der Waals surface area contributed by atoms with E-state index in [4.69, 9.17) is 10.5 Å². The number of methoxy groups -OCH3 is 1. The summed E-state index contributed by atoms with van der Waals surface area (Å²) in [6.07, 6.45) is 1.72. The molecular formula is C12H13BrN4O. The summed E-state index contributed by atoms with van der Waals surface area (Å²) in [6.45, 7) is 2.36. The van der Waals surface area contributed by atoms with Gasteiger partial charge < -0.3 is 10.5 Å². The van der Waals surface area contributed by atoms with Gasteiger partial charge in [0.1, 0.15) is 11.5 Å². The average molecular weight is 309 g/mol. The number of rotatable bonds is 3. The molecule has 0 aliphatic heterocycles. The molecule has 2 heterocycles. The highest BCUT2D eigenvalue weighted by molar-refractivity contribution is 9.10. The molecule has 0 aromatic carbocycles. The van der Waals surface area contributed by atoms with Gasteiger partial charge in [-0.05, 0) is 40.5 Å². The molecule has 0 atom stereocenters. The third-order valence-electron chi connectivity index (χ3n) is 2.37. The van der Waals surface area contributed by atoms with E-state index in [9.17, 15) is 0 Å². The maximum absolute atomic E-state index is 5.85. The number of aromatic nitrogens is 3. The van der Waals surface area contributed by atoms with E-state index in [2.05, 4.69) is 30.9 Å². The molecule has 2 N–H and O–H groups in total. The molecule has 2 aromatic rings. The first-order valence-electron chi connectivity index (χ1n) is 5.35. The summed E-state index contributed by atoms with van der Waals surface area (Å²) >= 11 is 3.35. The van der Waals surface area contributed by atoms with Gasteiger partial charge in [0.2, 0.25) is 0 Å². The zero-order valence-corrected chi connectivity index (χ0v) is 11.7. The van der Waals surface area contributed by atoms with Crippen LogP contribution in [0.15, 0.2) is 22.8 Å². The van der Waals surface area contributed by atoms with Gasteiger partial charge in [0.25, 0.3) is 0 Å². The first-order valence-corrected chi connectivity index (χ1v) is 6.15. The van der Waals surface area contributed by atoms with E-state index in [1.54, 1.807) is 13.3 Å². The molecule has 6 heteroatoms. The largest absolute Gasteiger partial charge is 0.383 e. The molecule has 0 aliphatic rings. The summed E-state index contributed by atoms with van der Waals surface area (Å²) in [5.74, 6) is 0.891. The number of halogens is 1. The Morgan fingerprint density at radius 3 is 2.83 bits per heavy atom. The molecule has 0 saturated heterocycles. The van der Waals surface area contributed by atoms with E-state index in [-0.39, 0.29) is 0 Å². The number of hydrogen-bond donors (Lipinski definition) is 1. The van der Waals surface area contributed by atoms with Crippen molar-refractivity contribution in [3.63, 3.8) is 0 Å². The molecule has 0 saturated carbocycles. The van der Waals surface area contributed by atoms with E-state index in [0.29, 0.717) is 34.1 Å². The van der Waals surface area contributed by atoms with Crippen molar-refractivity contribution in [2.24, 2.45) is 0 Å². The number of pyridine rings is 1. The molecule has 5 nitrogen and oxygen atoms in total. The second kappa shape index (κ2) is 5.41. The Balaban J connectivity index is 2.51. The number of anilines is 1. The Morgan fingerprint density at radius 1 is 1.39 bits per heavy atom. The number of hydrogen-bond acceptors (Lipinski definition) is 5. The number of nitrogens with two attached hydrogens (primary N) is 1. The zero-order valence-electron chi connectivity index (χ0n) is 10.1. The van der Waals surface area contributed by atoms with Gasteiger partial charge in [-0.1, -0.05) is 0 Å². The normalized spacial score (nSPS) is 10.6. The summed E-state index contributed by atoms with van der Waals surface area (Å²) < 4.78 is 5.75. The number of nitrogens with zero attached hydrogens (tertiary/aromatic N) is 3. The third kappa shape index (κ3) is 2.65. The second-order valence-corrected chi connectivity index (χ2v) is 4.64. The van der Waals surface area contributed by atoms with Crippen LogP contribution in [0.2, 0.25) is 0 Å². The molecule has 0 amide bonds. The highest BCUT2D eigenvalue weighted by atomic mass is 79.9. The van der Waals surface area contributed by atoms with Crippen molar-refractivity contribution >= 4 is 21.7 Å². The van der Waals surface area contributed by atoms with Crippen LogP contribution in [0, 0.1) is 6.92 Å². The van der Waals surface area contributed by atoms with Crippen molar-refractivity contribution in [2.75, 3.05) is 12.8 Å².